The number of hydrogen-bond acceptors (Lipinski definition) is 5. The highest BCUT2D eigenvalue weighted by atomic mass is 32.2. The lowest BCUT2D eigenvalue weighted by atomic mass is 10.6. The van der Waals surface area contributed by atoms with Gasteiger partial charge in [0.15, 0.2) is 0 Å². The summed E-state index contributed by atoms with van der Waals surface area (Å²) in [7, 11) is -3.01. The fourth-order valence-electron chi connectivity index (χ4n) is 0.563. The second kappa shape index (κ2) is 3.03. The Balaban J connectivity index is 3.20. The van der Waals surface area contributed by atoms with Crippen LogP contribution in [-0.2, 0) is 10.1 Å². The van der Waals surface area contributed by atoms with E-state index in [0.29, 0.717) is 0 Å². The fraction of sp³-hybridized carbons (Fsp3) is 0.200. The standard InChI is InChI=1S/C5H6N2O4S/c1-11-4-2-3-6-5(7-4)12(8,9)10/h2-3H,1H3,(H,8,9,10). The molecule has 0 fully saturated rings. The van der Waals surface area contributed by atoms with Gasteiger partial charge in [-0.15, -0.1) is 0 Å². The van der Waals surface area contributed by atoms with E-state index in [1.165, 1.54) is 19.4 Å². The molecular formula is C5H6N2O4S. The van der Waals surface area contributed by atoms with E-state index in [0.717, 1.165) is 0 Å². The normalized spacial score (nSPS) is 11.2. The van der Waals surface area contributed by atoms with Gasteiger partial charge in [-0.3, -0.25) is 4.55 Å². The zero-order valence-corrected chi connectivity index (χ0v) is 6.95. The summed E-state index contributed by atoms with van der Waals surface area (Å²) in [6, 6.07) is 1.37. The third kappa shape index (κ3) is 1.89. The van der Waals surface area contributed by atoms with Crippen molar-refractivity contribution in [3.63, 3.8) is 0 Å². The Morgan fingerprint density at radius 2 is 2.25 bits per heavy atom. The van der Waals surface area contributed by atoms with Gasteiger partial charge in [-0.1, -0.05) is 0 Å². The number of nitrogens with zero attached hydrogens (tertiary/aromatic N) is 2. The minimum Gasteiger partial charge on any atom is -0.481 e. The molecule has 0 aliphatic heterocycles. The number of aromatic nitrogens is 2. The summed E-state index contributed by atoms with van der Waals surface area (Å²) in [5, 5.41) is -0.665. The smallest absolute Gasteiger partial charge is 0.330 e. The van der Waals surface area contributed by atoms with E-state index in [9.17, 15) is 8.42 Å². The number of rotatable bonds is 2. The van der Waals surface area contributed by atoms with Crippen molar-refractivity contribution in [3.05, 3.63) is 12.3 Å². The molecule has 1 rings (SSSR count). The Morgan fingerprint density at radius 1 is 1.58 bits per heavy atom. The largest absolute Gasteiger partial charge is 0.481 e. The third-order valence-corrected chi connectivity index (χ3v) is 1.71. The van der Waals surface area contributed by atoms with E-state index in [1.54, 1.807) is 0 Å². The van der Waals surface area contributed by atoms with Crippen LogP contribution in [0.25, 0.3) is 0 Å². The number of hydrogen-bond donors (Lipinski definition) is 1. The zero-order chi connectivity index (χ0) is 9.19. The number of ether oxygens (including phenoxy) is 1. The SMILES string of the molecule is COc1ccnc(S(=O)(=O)O)n1. The molecule has 0 atom stereocenters. The van der Waals surface area contributed by atoms with E-state index in [1.807, 2.05) is 0 Å². The summed E-state index contributed by atoms with van der Waals surface area (Å²) in [5.41, 5.74) is 0. The third-order valence-electron chi connectivity index (χ3n) is 1.05. The molecule has 66 valence electrons. The maximum absolute atomic E-state index is 10.5. The predicted octanol–water partition coefficient (Wildman–Crippen LogP) is -0.268. The van der Waals surface area contributed by atoms with E-state index in [4.69, 9.17) is 4.55 Å². The van der Waals surface area contributed by atoms with Crippen LogP contribution in [-0.4, -0.2) is 30.0 Å². The lowest BCUT2D eigenvalue weighted by Gasteiger charge is -1.98. The van der Waals surface area contributed by atoms with Crippen LogP contribution in [0.15, 0.2) is 17.4 Å². The van der Waals surface area contributed by atoms with Gasteiger partial charge >= 0.3 is 10.1 Å². The average Bonchev–Trinajstić information content (AvgIpc) is 2.03. The molecule has 0 bridgehead atoms. The van der Waals surface area contributed by atoms with Crippen molar-refractivity contribution in [2.45, 2.75) is 5.16 Å². The second-order valence-corrected chi connectivity index (χ2v) is 3.17. The van der Waals surface area contributed by atoms with E-state index < -0.39 is 15.3 Å². The molecule has 1 N–H and O–H groups in total. The first-order valence-electron chi connectivity index (χ1n) is 2.88. The molecule has 1 aromatic rings. The molecule has 0 aliphatic carbocycles. The van der Waals surface area contributed by atoms with Gasteiger partial charge in [-0.2, -0.15) is 13.4 Å². The molecule has 6 nitrogen and oxygen atoms in total. The lowest BCUT2D eigenvalue weighted by Crippen LogP contribution is -2.04. The van der Waals surface area contributed by atoms with Crippen molar-refractivity contribution in [1.82, 2.24) is 9.97 Å². The van der Waals surface area contributed by atoms with Crippen molar-refractivity contribution in [1.29, 1.82) is 0 Å². The Kier molecular flexibility index (Phi) is 2.25. The maximum atomic E-state index is 10.5. The van der Waals surface area contributed by atoms with Crippen LogP contribution in [0.5, 0.6) is 5.88 Å². The molecule has 12 heavy (non-hydrogen) atoms. The average molecular weight is 190 g/mol. The van der Waals surface area contributed by atoms with Crippen LogP contribution in [0.4, 0.5) is 0 Å². The van der Waals surface area contributed by atoms with Gasteiger partial charge in [0.2, 0.25) is 5.88 Å². The van der Waals surface area contributed by atoms with Crippen LogP contribution >= 0.6 is 0 Å². The van der Waals surface area contributed by atoms with Crippen LogP contribution < -0.4 is 4.74 Å². The molecule has 0 aromatic carbocycles. The highest BCUT2D eigenvalue weighted by molar-refractivity contribution is 7.85. The molecule has 0 unspecified atom stereocenters. The monoisotopic (exact) mass is 190 g/mol. The predicted molar refractivity (Wildman–Crippen MR) is 38.4 cm³/mol. The highest BCUT2D eigenvalue weighted by Crippen LogP contribution is 2.07. The Hall–Kier alpha value is -1.21. The van der Waals surface area contributed by atoms with Crippen LogP contribution in [0.1, 0.15) is 0 Å². The molecule has 0 spiro atoms. The molecule has 0 radical (unpaired) electrons. The quantitative estimate of drug-likeness (QED) is 0.510. The van der Waals surface area contributed by atoms with Crippen molar-refractivity contribution in [2.75, 3.05) is 7.11 Å². The van der Waals surface area contributed by atoms with Crippen LogP contribution in [0, 0.1) is 0 Å². The maximum Gasteiger partial charge on any atom is 0.330 e. The Morgan fingerprint density at radius 3 is 2.75 bits per heavy atom. The van der Waals surface area contributed by atoms with Gasteiger partial charge < -0.3 is 4.74 Å². The van der Waals surface area contributed by atoms with Gasteiger partial charge in [0, 0.05) is 12.3 Å². The summed E-state index contributed by atoms with van der Waals surface area (Å²) in [4.78, 5) is 6.72. The van der Waals surface area contributed by atoms with Crippen LogP contribution in [0.2, 0.25) is 0 Å². The summed E-state index contributed by atoms with van der Waals surface area (Å²) < 4.78 is 34.1. The minimum atomic E-state index is -4.34. The summed E-state index contributed by atoms with van der Waals surface area (Å²) in [5.74, 6) is 0.0811. The molecule has 0 aliphatic rings. The van der Waals surface area contributed by atoms with Crippen molar-refractivity contribution in [3.8, 4) is 5.88 Å². The first-order valence-corrected chi connectivity index (χ1v) is 4.32. The fourth-order valence-corrected chi connectivity index (χ4v) is 0.963. The molecule has 1 heterocycles. The van der Waals surface area contributed by atoms with E-state index >= 15 is 0 Å². The summed E-state index contributed by atoms with van der Waals surface area (Å²) in [6.07, 6.45) is 1.18. The molecule has 7 heteroatoms. The molecular weight excluding hydrogens is 184 g/mol. The highest BCUT2D eigenvalue weighted by Gasteiger charge is 2.13. The topological polar surface area (TPSA) is 89.4 Å². The second-order valence-electron chi connectivity index (χ2n) is 1.86. The van der Waals surface area contributed by atoms with Gasteiger partial charge in [0.05, 0.1) is 7.11 Å². The molecule has 0 saturated carbocycles. The molecule has 1 aromatic heterocycles. The molecule has 0 amide bonds. The molecule has 0 saturated heterocycles. The summed E-state index contributed by atoms with van der Waals surface area (Å²) >= 11 is 0. The van der Waals surface area contributed by atoms with Crippen LogP contribution in [0.3, 0.4) is 0 Å². The van der Waals surface area contributed by atoms with Crippen molar-refractivity contribution >= 4 is 10.1 Å². The van der Waals surface area contributed by atoms with Gasteiger partial charge in [-0.05, 0) is 0 Å². The zero-order valence-electron chi connectivity index (χ0n) is 6.13. The minimum absolute atomic E-state index is 0.0811. The van der Waals surface area contributed by atoms with Crippen molar-refractivity contribution < 1.29 is 17.7 Å². The van der Waals surface area contributed by atoms with E-state index in [-0.39, 0.29) is 5.88 Å². The summed E-state index contributed by atoms with van der Waals surface area (Å²) in [6.45, 7) is 0. The van der Waals surface area contributed by atoms with E-state index in [2.05, 4.69) is 14.7 Å². The lowest BCUT2D eigenvalue weighted by molar-refractivity contribution is 0.388. The van der Waals surface area contributed by atoms with Gasteiger partial charge in [-0.25, -0.2) is 4.98 Å². The first-order chi connectivity index (χ1) is 5.54. The number of methoxy groups -OCH3 is 1. The van der Waals surface area contributed by atoms with Gasteiger partial charge in [0.1, 0.15) is 0 Å². The Bertz CT molecular complexity index is 375. The first kappa shape index (κ1) is 8.88. The van der Waals surface area contributed by atoms with Gasteiger partial charge in [0.25, 0.3) is 5.16 Å². The Labute approximate surface area is 69.0 Å². The van der Waals surface area contributed by atoms with Crippen molar-refractivity contribution in [2.24, 2.45) is 0 Å².